The van der Waals surface area contributed by atoms with Crippen LogP contribution in [0.1, 0.15) is 139 Å². The number of hydrogen-bond acceptors (Lipinski definition) is 5. The van der Waals surface area contributed by atoms with Crippen LogP contribution in [0.4, 0.5) is 4.39 Å². The van der Waals surface area contributed by atoms with E-state index in [0.29, 0.717) is 18.3 Å². The van der Waals surface area contributed by atoms with Gasteiger partial charge in [-0.2, -0.15) is 0 Å². The Morgan fingerprint density at radius 3 is 1.55 bits per heavy atom. The van der Waals surface area contributed by atoms with E-state index in [1.807, 2.05) is 0 Å². The van der Waals surface area contributed by atoms with E-state index in [9.17, 15) is 5.11 Å². The lowest BCUT2D eigenvalue weighted by Crippen LogP contribution is -2.57. The van der Waals surface area contributed by atoms with E-state index < -0.39 is 16.7 Å². The molecule has 0 aromatic heterocycles. The summed E-state index contributed by atoms with van der Waals surface area (Å²) in [6.45, 7) is 28.9. The largest absolute Gasteiger partial charge is 0.389 e. The zero-order valence-electron chi connectivity index (χ0n) is 33.2. The fourth-order valence-corrected chi connectivity index (χ4v) is 10.7. The lowest BCUT2D eigenvalue weighted by Gasteiger charge is -2.57. The molecule has 4 aliphatic heterocycles. The van der Waals surface area contributed by atoms with E-state index in [-0.39, 0.29) is 16.2 Å². The molecule has 0 saturated carbocycles. The minimum atomic E-state index is -1.21. The highest BCUT2D eigenvalue weighted by Gasteiger charge is 2.57. The van der Waals surface area contributed by atoms with Crippen molar-refractivity contribution in [3.05, 3.63) is 0 Å². The number of nitrogens with zero attached hydrogens (tertiary/aromatic N) is 4. The molecule has 0 spiro atoms. The maximum atomic E-state index is 17.8. The molecule has 5 nitrogen and oxygen atoms in total. The molecule has 2 atom stereocenters. The molecule has 276 valence electrons. The number of aliphatic hydroxyl groups is 1. The van der Waals surface area contributed by atoms with E-state index in [1.54, 1.807) is 0 Å². The van der Waals surface area contributed by atoms with Gasteiger partial charge in [0.25, 0.3) is 0 Å². The Hall–Kier alpha value is -0.270. The predicted octanol–water partition coefficient (Wildman–Crippen LogP) is 8.36. The Balaban J connectivity index is 1.61. The van der Waals surface area contributed by atoms with Gasteiger partial charge in [0.15, 0.2) is 0 Å². The summed E-state index contributed by atoms with van der Waals surface area (Å²) in [6.07, 6.45) is 13.1. The molecule has 4 saturated heterocycles. The molecule has 2 unspecified atom stereocenters. The standard InChI is InChI=1S/C41H79FN4O/c1-12-46-25-13-34(14-26-46)35(2,3)15-16-37(6,38(7)19-27-43(9)28-20-38)17-18-39(8,40(42)21-29-44(10)30-22-40)33-36(4,5)41(47)23-31-45(11)32-24-41/h34,47H,12-33H2,1-11H3. The Labute approximate surface area is 291 Å². The van der Waals surface area contributed by atoms with E-state index >= 15 is 4.39 Å². The Morgan fingerprint density at radius 1 is 0.638 bits per heavy atom. The van der Waals surface area contributed by atoms with E-state index in [4.69, 9.17) is 0 Å². The third kappa shape index (κ3) is 8.62. The van der Waals surface area contributed by atoms with E-state index in [0.717, 1.165) is 77.3 Å². The van der Waals surface area contributed by atoms with Crippen molar-refractivity contribution in [1.82, 2.24) is 19.6 Å². The smallest absolute Gasteiger partial charge is 0.118 e. The lowest BCUT2D eigenvalue weighted by atomic mass is 9.51. The van der Waals surface area contributed by atoms with Gasteiger partial charge in [0.2, 0.25) is 0 Å². The van der Waals surface area contributed by atoms with Gasteiger partial charge in [0.05, 0.1) is 5.60 Å². The summed E-state index contributed by atoms with van der Waals surface area (Å²) >= 11 is 0. The van der Waals surface area contributed by atoms with Gasteiger partial charge in [0, 0.05) is 31.6 Å². The molecule has 0 bridgehead atoms. The zero-order chi connectivity index (χ0) is 34.9. The Morgan fingerprint density at radius 2 is 1.06 bits per heavy atom. The zero-order valence-corrected chi connectivity index (χ0v) is 33.2. The normalized spacial score (nSPS) is 28.5. The molecule has 0 radical (unpaired) electrons. The van der Waals surface area contributed by atoms with Crippen molar-refractivity contribution >= 4 is 0 Å². The van der Waals surface area contributed by atoms with Crippen LogP contribution in [-0.4, -0.2) is 116 Å². The monoisotopic (exact) mass is 663 g/mol. The second-order valence-corrected chi connectivity index (χ2v) is 19.8. The lowest BCUT2D eigenvalue weighted by molar-refractivity contribution is -0.149. The maximum Gasteiger partial charge on any atom is 0.118 e. The van der Waals surface area contributed by atoms with Gasteiger partial charge in [0.1, 0.15) is 5.67 Å². The molecule has 6 heteroatoms. The third-order valence-electron chi connectivity index (χ3n) is 16.0. The predicted molar refractivity (Wildman–Crippen MR) is 199 cm³/mol. The quantitative estimate of drug-likeness (QED) is 0.214. The molecule has 4 aliphatic rings. The van der Waals surface area contributed by atoms with Crippen LogP contribution in [0.15, 0.2) is 0 Å². The molecular weight excluding hydrogens is 583 g/mol. The van der Waals surface area contributed by atoms with E-state index in [1.165, 1.54) is 58.2 Å². The van der Waals surface area contributed by atoms with Crippen LogP contribution in [0.3, 0.4) is 0 Å². The van der Waals surface area contributed by atoms with Crippen LogP contribution >= 0.6 is 0 Å². The van der Waals surface area contributed by atoms with Crippen LogP contribution in [0.25, 0.3) is 0 Å². The number of piperidine rings is 4. The number of likely N-dealkylation sites (tertiary alicyclic amines) is 4. The third-order valence-corrected chi connectivity index (χ3v) is 16.0. The second-order valence-electron chi connectivity index (χ2n) is 19.8. The van der Waals surface area contributed by atoms with Gasteiger partial charge in [-0.3, -0.25) is 0 Å². The molecule has 1 N–H and O–H groups in total. The molecule has 4 fully saturated rings. The molecule has 4 heterocycles. The summed E-state index contributed by atoms with van der Waals surface area (Å²) in [5.41, 5.74) is -2.08. The van der Waals surface area contributed by atoms with Crippen LogP contribution in [0, 0.1) is 33.0 Å². The van der Waals surface area contributed by atoms with Crippen molar-refractivity contribution in [1.29, 1.82) is 0 Å². The average molecular weight is 663 g/mol. The average Bonchev–Trinajstić information content (AvgIpc) is 3.03. The van der Waals surface area contributed by atoms with Gasteiger partial charge < -0.3 is 24.7 Å². The van der Waals surface area contributed by atoms with Gasteiger partial charge >= 0.3 is 0 Å². The molecular formula is C41H79FN4O. The highest BCUT2D eigenvalue weighted by molar-refractivity contribution is 5.08. The second kappa shape index (κ2) is 14.8. The Bertz CT molecular complexity index is 983. The first kappa shape index (κ1) is 39.5. The Kier molecular flexibility index (Phi) is 12.4. The van der Waals surface area contributed by atoms with Gasteiger partial charge in [-0.1, -0.05) is 55.4 Å². The minimum absolute atomic E-state index is 0.146. The topological polar surface area (TPSA) is 33.2 Å². The van der Waals surface area contributed by atoms with Crippen LogP contribution in [-0.2, 0) is 0 Å². The summed E-state index contributed by atoms with van der Waals surface area (Å²) in [5, 5.41) is 12.2. The van der Waals surface area contributed by atoms with Crippen molar-refractivity contribution < 1.29 is 9.50 Å². The summed E-state index contributed by atoms with van der Waals surface area (Å²) in [5.74, 6) is 0.787. The SMILES string of the molecule is CCN1CCC(C(C)(C)CCC(C)(CCC(C)(CC(C)(C)C2(O)CCN(C)CC2)C2(F)CCN(C)CC2)C2(C)CCN(C)CC2)CC1. The fourth-order valence-electron chi connectivity index (χ4n) is 10.7. The molecule has 0 amide bonds. The molecule has 4 rings (SSSR count). The molecule has 47 heavy (non-hydrogen) atoms. The van der Waals surface area contributed by atoms with Crippen molar-refractivity contribution in [2.75, 3.05) is 80.0 Å². The number of rotatable bonds is 13. The number of hydrogen-bond donors (Lipinski definition) is 1. The first-order chi connectivity index (χ1) is 21.7. The van der Waals surface area contributed by atoms with Crippen molar-refractivity contribution in [3.63, 3.8) is 0 Å². The molecule has 0 aliphatic carbocycles. The number of halogens is 1. The highest BCUT2D eigenvalue weighted by Crippen LogP contribution is 2.60. The summed E-state index contributed by atoms with van der Waals surface area (Å²) in [6, 6.07) is 0. The first-order valence-corrected chi connectivity index (χ1v) is 19.9. The van der Waals surface area contributed by atoms with Gasteiger partial charge in [-0.25, -0.2) is 4.39 Å². The molecule has 0 aromatic carbocycles. The summed E-state index contributed by atoms with van der Waals surface area (Å²) in [7, 11) is 6.59. The van der Waals surface area contributed by atoms with Crippen LogP contribution in [0.2, 0.25) is 0 Å². The van der Waals surface area contributed by atoms with Gasteiger partial charge in [-0.15, -0.1) is 0 Å². The van der Waals surface area contributed by atoms with Crippen LogP contribution in [0.5, 0.6) is 0 Å². The molecule has 0 aromatic rings. The summed E-state index contributed by atoms with van der Waals surface area (Å²) < 4.78 is 17.8. The van der Waals surface area contributed by atoms with Crippen molar-refractivity contribution in [2.24, 2.45) is 33.0 Å². The van der Waals surface area contributed by atoms with Gasteiger partial charge in [-0.05, 0) is 165 Å². The summed E-state index contributed by atoms with van der Waals surface area (Å²) in [4.78, 5) is 9.78. The maximum absolute atomic E-state index is 17.8. The van der Waals surface area contributed by atoms with E-state index in [2.05, 4.69) is 96.1 Å². The fraction of sp³-hybridized carbons (Fsp3) is 1.00. The van der Waals surface area contributed by atoms with Crippen LogP contribution < -0.4 is 0 Å². The van der Waals surface area contributed by atoms with Crippen molar-refractivity contribution in [3.8, 4) is 0 Å². The number of alkyl halides is 1. The minimum Gasteiger partial charge on any atom is -0.389 e. The first-order valence-electron chi connectivity index (χ1n) is 19.9. The van der Waals surface area contributed by atoms with Crippen molar-refractivity contribution in [2.45, 2.75) is 150 Å². The highest BCUT2D eigenvalue weighted by atomic mass is 19.1.